The lowest BCUT2D eigenvalue weighted by atomic mass is 10.2. The van der Waals surface area contributed by atoms with Crippen molar-refractivity contribution in [1.29, 1.82) is 0 Å². The number of rotatable bonds is 5. The molecule has 1 N–H and O–H groups in total. The number of halogens is 1. The van der Waals surface area contributed by atoms with Crippen LogP contribution in [0.25, 0.3) is 0 Å². The van der Waals surface area contributed by atoms with E-state index in [4.69, 9.17) is 4.74 Å². The van der Waals surface area contributed by atoms with Crippen molar-refractivity contribution in [3.05, 3.63) is 0 Å². The summed E-state index contributed by atoms with van der Waals surface area (Å²) in [6, 6.07) is 0.200. The van der Waals surface area contributed by atoms with Crippen LogP contribution in [0.5, 0.6) is 0 Å². The largest absolute Gasteiger partial charge is 0.366 e. The molecule has 0 aromatic carbocycles. The number of hydrogen-bond acceptors (Lipinski definition) is 2. The first-order chi connectivity index (χ1) is 6.39. The van der Waals surface area contributed by atoms with Crippen LogP contribution in [0.2, 0.25) is 0 Å². The van der Waals surface area contributed by atoms with E-state index in [1.807, 2.05) is 27.7 Å². The molecule has 0 aliphatic heterocycles. The SMILES string of the molecule is CCC(CBr)NC(=O)COC(C)(C)C. The molecular weight excluding hydrogens is 246 g/mol. The average molecular weight is 266 g/mol. The zero-order valence-electron chi connectivity index (χ0n) is 9.39. The lowest BCUT2D eigenvalue weighted by Gasteiger charge is -2.20. The van der Waals surface area contributed by atoms with Gasteiger partial charge >= 0.3 is 0 Å². The topological polar surface area (TPSA) is 38.3 Å². The molecule has 14 heavy (non-hydrogen) atoms. The van der Waals surface area contributed by atoms with Crippen LogP contribution in [0.4, 0.5) is 0 Å². The minimum absolute atomic E-state index is 0.0498. The number of carbonyl (C=O) groups is 1. The molecule has 0 aliphatic rings. The van der Waals surface area contributed by atoms with Crippen molar-refractivity contribution in [2.75, 3.05) is 11.9 Å². The smallest absolute Gasteiger partial charge is 0.246 e. The van der Waals surface area contributed by atoms with E-state index in [-0.39, 0.29) is 24.2 Å². The molecule has 84 valence electrons. The third-order valence-electron chi connectivity index (χ3n) is 1.68. The highest BCUT2D eigenvalue weighted by molar-refractivity contribution is 9.09. The van der Waals surface area contributed by atoms with E-state index in [2.05, 4.69) is 21.2 Å². The van der Waals surface area contributed by atoms with E-state index < -0.39 is 0 Å². The summed E-state index contributed by atoms with van der Waals surface area (Å²) in [7, 11) is 0. The van der Waals surface area contributed by atoms with Gasteiger partial charge in [-0.15, -0.1) is 0 Å². The molecule has 1 atom stereocenters. The van der Waals surface area contributed by atoms with Gasteiger partial charge in [-0.1, -0.05) is 22.9 Å². The van der Waals surface area contributed by atoms with Crippen LogP contribution in [-0.2, 0) is 9.53 Å². The maximum Gasteiger partial charge on any atom is 0.246 e. The van der Waals surface area contributed by atoms with Crippen LogP contribution in [0.1, 0.15) is 34.1 Å². The molecule has 0 bridgehead atoms. The molecule has 0 fully saturated rings. The molecule has 0 saturated carbocycles. The molecule has 0 spiro atoms. The van der Waals surface area contributed by atoms with Gasteiger partial charge < -0.3 is 10.1 Å². The highest BCUT2D eigenvalue weighted by atomic mass is 79.9. The molecule has 0 radical (unpaired) electrons. The Kier molecular flexibility index (Phi) is 6.36. The van der Waals surface area contributed by atoms with Gasteiger partial charge in [-0.25, -0.2) is 0 Å². The van der Waals surface area contributed by atoms with E-state index in [0.29, 0.717) is 0 Å². The highest BCUT2D eigenvalue weighted by Crippen LogP contribution is 2.05. The van der Waals surface area contributed by atoms with Crippen molar-refractivity contribution >= 4 is 21.8 Å². The van der Waals surface area contributed by atoms with Crippen LogP contribution in [0.15, 0.2) is 0 Å². The fourth-order valence-corrected chi connectivity index (χ4v) is 1.42. The molecule has 0 aromatic heterocycles. The number of amides is 1. The number of nitrogens with one attached hydrogen (secondary N) is 1. The monoisotopic (exact) mass is 265 g/mol. The summed E-state index contributed by atoms with van der Waals surface area (Å²) in [5.74, 6) is -0.0498. The van der Waals surface area contributed by atoms with Crippen LogP contribution in [0, 0.1) is 0 Å². The van der Waals surface area contributed by atoms with E-state index in [1.54, 1.807) is 0 Å². The van der Waals surface area contributed by atoms with E-state index in [1.165, 1.54) is 0 Å². The molecule has 0 aliphatic carbocycles. The minimum atomic E-state index is -0.256. The number of alkyl halides is 1. The molecule has 1 unspecified atom stereocenters. The van der Waals surface area contributed by atoms with E-state index in [9.17, 15) is 4.79 Å². The highest BCUT2D eigenvalue weighted by Gasteiger charge is 2.14. The van der Waals surface area contributed by atoms with Crippen LogP contribution in [-0.4, -0.2) is 29.5 Å². The third kappa shape index (κ3) is 7.33. The Bertz CT molecular complexity index is 173. The van der Waals surface area contributed by atoms with Crippen molar-refractivity contribution in [2.24, 2.45) is 0 Å². The van der Waals surface area contributed by atoms with Crippen molar-refractivity contribution in [3.63, 3.8) is 0 Å². The predicted molar refractivity (Wildman–Crippen MR) is 61.7 cm³/mol. The molecular formula is C10H20BrNO2. The lowest BCUT2D eigenvalue weighted by Crippen LogP contribution is -2.39. The van der Waals surface area contributed by atoms with Crippen molar-refractivity contribution < 1.29 is 9.53 Å². The number of hydrogen-bond donors (Lipinski definition) is 1. The summed E-state index contributed by atoms with van der Waals surface area (Å²) in [6.07, 6.45) is 0.923. The second-order valence-corrected chi connectivity index (χ2v) is 4.88. The molecule has 0 rings (SSSR count). The van der Waals surface area contributed by atoms with Crippen molar-refractivity contribution in [2.45, 2.75) is 45.8 Å². The predicted octanol–water partition coefficient (Wildman–Crippen LogP) is 2.09. The second-order valence-electron chi connectivity index (χ2n) is 4.23. The lowest BCUT2D eigenvalue weighted by molar-refractivity contribution is -0.131. The van der Waals surface area contributed by atoms with Gasteiger partial charge in [0, 0.05) is 11.4 Å². The van der Waals surface area contributed by atoms with Gasteiger partial charge in [0.2, 0.25) is 5.91 Å². The summed E-state index contributed by atoms with van der Waals surface area (Å²) >= 11 is 3.34. The molecule has 0 saturated heterocycles. The summed E-state index contributed by atoms with van der Waals surface area (Å²) in [5, 5.41) is 3.66. The number of carbonyl (C=O) groups excluding carboxylic acids is 1. The van der Waals surface area contributed by atoms with Crippen molar-refractivity contribution in [3.8, 4) is 0 Å². The van der Waals surface area contributed by atoms with Gasteiger partial charge in [-0.05, 0) is 27.2 Å². The fourth-order valence-electron chi connectivity index (χ4n) is 0.801. The standard InChI is InChI=1S/C10H20BrNO2/c1-5-8(6-11)12-9(13)7-14-10(2,3)4/h8H,5-7H2,1-4H3,(H,12,13). The van der Waals surface area contributed by atoms with Gasteiger partial charge in [-0.3, -0.25) is 4.79 Å². The number of ether oxygens (including phenoxy) is 1. The summed E-state index contributed by atoms with van der Waals surface area (Å²) in [6.45, 7) is 7.97. The molecule has 4 heteroatoms. The Morgan fingerprint density at radius 3 is 2.43 bits per heavy atom. The normalized spacial score (nSPS) is 13.8. The Hall–Kier alpha value is -0.0900. The van der Waals surface area contributed by atoms with Gasteiger partial charge in [0.25, 0.3) is 0 Å². The quantitative estimate of drug-likeness (QED) is 0.774. The molecule has 3 nitrogen and oxygen atoms in total. The Labute approximate surface area is 94.7 Å². The first-order valence-corrected chi connectivity index (χ1v) is 6.00. The van der Waals surface area contributed by atoms with Gasteiger partial charge in [0.1, 0.15) is 6.61 Å². The fraction of sp³-hybridized carbons (Fsp3) is 0.900. The Morgan fingerprint density at radius 2 is 2.07 bits per heavy atom. The summed E-state index contributed by atoms with van der Waals surface area (Å²) in [5.41, 5.74) is -0.256. The molecule has 0 aromatic rings. The first-order valence-electron chi connectivity index (χ1n) is 4.88. The Balaban J connectivity index is 3.75. The minimum Gasteiger partial charge on any atom is -0.366 e. The Morgan fingerprint density at radius 1 is 1.50 bits per heavy atom. The summed E-state index contributed by atoms with van der Waals surface area (Å²) in [4.78, 5) is 11.4. The van der Waals surface area contributed by atoms with Crippen LogP contribution in [0.3, 0.4) is 0 Å². The summed E-state index contributed by atoms with van der Waals surface area (Å²) < 4.78 is 5.35. The van der Waals surface area contributed by atoms with E-state index >= 15 is 0 Å². The van der Waals surface area contributed by atoms with Crippen LogP contribution >= 0.6 is 15.9 Å². The average Bonchev–Trinajstić information content (AvgIpc) is 2.09. The maximum absolute atomic E-state index is 11.4. The van der Waals surface area contributed by atoms with Crippen LogP contribution < -0.4 is 5.32 Å². The molecule has 0 heterocycles. The first kappa shape index (κ1) is 13.9. The van der Waals surface area contributed by atoms with E-state index in [0.717, 1.165) is 11.8 Å². The van der Waals surface area contributed by atoms with Gasteiger partial charge in [0.15, 0.2) is 0 Å². The molecule has 1 amide bonds. The van der Waals surface area contributed by atoms with Gasteiger partial charge in [0.05, 0.1) is 5.60 Å². The zero-order valence-corrected chi connectivity index (χ0v) is 11.0. The third-order valence-corrected chi connectivity index (χ3v) is 2.46. The van der Waals surface area contributed by atoms with Crippen molar-refractivity contribution in [1.82, 2.24) is 5.32 Å². The maximum atomic E-state index is 11.4. The second kappa shape index (κ2) is 6.40. The van der Waals surface area contributed by atoms with Gasteiger partial charge in [-0.2, -0.15) is 0 Å². The zero-order chi connectivity index (χ0) is 11.2.